The molecule has 0 heterocycles. The maximum atomic E-state index is 10.6. The molecular formula is C22H27N3O3. The number of hydrazone groups is 1. The number of hydrogen-bond acceptors (Lipinski definition) is 4. The van der Waals surface area contributed by atoms with Crippen molar-refractivity contribution >= 4 is 12.2 Å². The van der Waals surface area contributed by atoms with Crippen molar-refractivity contribution in [3.05, 3.63) is 59.7 Å². The van der Waals surface area contributed by atoms with E-state index in [0.29, 0.717) is 24.9 Å². The van der Waals surface area contributed by atoms with Crippen molar-refractivity contribution < 1.29 is 14.3 Å². The van der Waals surface area contributed by atoms with Gasteiger partial charge in [-0.25, -0.2) is 10.2 Å². The molecule has 1 aliphatic rings. The van der Waals surface area contributed by atoms with E-state index < -0.39 is 6.03 Å². The molecule has 2 aromatic rings. The van der Waals surface area contributed by atoms with Gasteiger partial charge in [-0.05, 0) is 54.2 Å². The standard InChI is InChI=1S/C22H27N3O3/c23-22(26)25-24-16-17-5-4-8-21(15-17)28-14-13-27-20-11-9-19(10-12-20)18-6-2-1-3-7-18/h4-5,8-12,15-16,18H,1-3,6-7,13-14H2,(H3,23,25,26)/b24-16+. The van der Waals surface area contributed by atoms with Crippen LogP contribution in [0.3, 0.4) is 0 Å². The highest BCUT2D eigenvalue weighted by atomic mass is 16.5. The summed E-state index contributed by atoms with van der Waals surface area (Å²) in [5.74, 6) is 2.28. The molecule has 2 amide bonds. The van der Waals surface area contributed by atoms with Crippen LogP contribution >= 0.6 is 0 Å². The number of urea groups is 1. The quantitative estimate of drug-likeness (QED) is 0.408. The smallest absolute Gasteiger partial charge is 0.332 e. The van der Waals surface area contributed by atoms with E-state index in [1.165, 1.54) is 43.9 Å². The number of nitrogens with zero attached hydrogens (tertiary/aromatic N) is 1. The van der Waals surface area contributed by atoms with E-state index in [9.17, 15) is 4.79 Å². The maximum Gasteiger partial charge on any atom is 0.332 e. The molecule has 28 heavy (non-hydrogen) atoms. The average molecular weight is 381 g/mol. The van der Waals surface area contributed by atoms with Crippen molar-refractivity contribution in [1.29, 1.82) is 0 Å². The Labute approximate surface area is 165 Å². The van der Waals surface area contributed by atoms with Gasteiger partial charge in [0.25, 0.3) is 0 Å². The SMILES string of the molecule is NC(=O)N/N=C/c1cccc(OCCOc2ccc(C3CCCCC3)cc2)c1. The van der Waals surface area contributed by atoms with E-state index in [2.05, 4.69) is 22.7 Å². The van der Waals surface area contributed by atoms with Gasteiger partial charge in [0, 0.05) is 0 Å². The fraction of sp³-hybridized carbons (Fsp3) is 0.364. The summed E-state index contributed by atoms with van der Waals surface area (Å²) in [6, 6.07) is 15.2. The van der Waals surface area contributed by atoms with E-state index in [-0.39, 0.29) is 0 Å². The van der Waals surface area contributed by atoms with Crippen molar-refractivity contribution in [1.82, 2.24) is 5.43 Å². The molecule has 0 radical (unpaired) electrons. The zero-order valence-electron chi connectivity index (χ0n) is 16.0. The lowest BCUT2D eigenvalue weighted by atomic mass is 9.84. The predicted molar refractivity (Wildman–Crippen MR) is 110 cm³/mol. The molecule has 3 rings (SSSR count). The van der Waals surface area contributed by atoms with Crippen LogP contribution in [-0.4, -0.2) is 25.5 Å². The molecule has 0 unspecified atom stereocenters. The molecule has 0 spiro atoms. The number of nitrogens with two attached hydrogens (primary N) is 1. The maximum absolute atomic E-state index is 10.6. The second-order valence-electron chi connectivity index (χ2n) is 6.91. The summed E-state index contributed by atoms with van der Waals surface area (Å²) in [4.78, 5) is 10.6. The number of primary amides is 1. The number of rotatable bonds is 8. The molecule has 3 N–H and O–H groups in total. The van der Waals surface area contributed by atoms with Gasteiger partial charge < -0.3 is 15.2 Å². The number of carbonyl (C=O) groups excluding carboxylic acids is 1. The third-order valence-corrected chi connectivity index (χ3v) is 4.82. The summed E-state index contributed by atoms with van der Waals surface area (Å²) < 4.78 is 11.5. The summed E-state index contributed by atoms with van der Waals surface area (Å²) in [6.07, 6.45) is 8.16. The molecule has 0 aromatic heterocycles. The van der Waals surface area contributed by atoms with Gasteiger partial charge in [-0.1, -0.05) is 43.5 Å². The highest BCUT2D eigenvalue weighted by Gasteiger charge is 2.15. The number of ether oxygens (including phenoxy) is 2. The summed E-state index contributed by atoms with van der Waals surface area (Å²) in [6.45, 7) is 0.898. The fourth-order valence-corrected chi connectivity index (χ4v) is 3.45. The van der Waals surface area contributed by atoms with Crippen LogP contribution in [0.25, 0.3) is 0 Å². The van der Waals surface area contributed by atoms with Gasteiger partial charge in [-0.2, -0.15) is 5.10 Å². The Bertz CT molecular complexity index is 784. The van der Waals surface area contributed by atoms with Crippen LogP contribution in [0.15, 0.2) is 53.6 Å². The molecule has 0 saturated heterocycles. The first-order chi connectivity index (χ1) is 13.7. The second kappa shape index (κ2) is 10.3. The molecule has 0 atom stereocenters. The zero-order chi connectivity index (χ0) is 19.6. The molecule has 1 saturated carbocycles. The molecule has 2 aromatic carbocycles. The largest absolute Gasteiger partial charge is 0.490 e. The fourth-order valence-electron chi connectivity index (χ4n) is 3.45. The lowest BCUT2D eigenvalue weighted by molar-refractivity contribution is 0.217. The topological polar surface area (TPSA) is 85.9 Å². The minimum absolute atomic E-state index is 0.435. The number of hydrogen-bond donors (Lipinski definition) is 2. The Morgan fingerprint density at radius 3 is 2.46 bits per heavy atom. The highest BCUT2D eigenvalue weighted by Crippen LogP contribution is 2.33. The monoisotopic (exact) mass is 381 g/mol. The van der Waals surface area contributed by atoms with Crippen LogP contribution in [0.2, 0.25) is 0 Å². The Balaban J connectivity index is 1.41. The minimum Gasteiger partial charge on any atom is -0.490 e. The first-order valence-corrected chi connectivity index (χ1v) is 9.75. The van der Waals surface area contributed by atoms with E-state index in [0.717, 1.165) is 11.3 Å². The Kier molecular flexibility index (Phi) is 7.29. The Morgan fingerprint density at radius 1 is 1.04 bits per heavy atom. The molecule has 6 nitrogen and oxygen atoms in total. The third-order valence-electron chi connectivity index (χ3n) is 4.82. The van der Waals surface area contributed by atoms with E-state index in [1.54, 1.807) is 0 Å². The van der Waals surface area contributed by atoms with Crippen LogP contribution < -0.4 is 20.6 Å². The number of carbonyl (C=O) groups is 1. The summed E-state index contributed by atoms with van der Waals surface area (Å²) in [5, 5.41) is 3.73. The summed E-state index contributed by atoms with van der Waals surface area (Å²) in [7, 11) is 0. The lowest BCUT2D eigenvalue weighted by Crippen LogP contribution is -2.24. The summed E-state index contributed by atoms with van der Waals surface area (Å²) in [5.41, 5.74) is 9.34. The van der Waals surface area contributed by atoms with Crippen LogP contribution in [0.4, 0.5) is 4.79 Å². The second-order valence-corrected chi connectivity index (χ2v) is 6.91. The van der Waals surface area contributed by atoms with Gasteiger partial charge in [0.2, 0.25) is 0 Å². The van der Waals surface area contributed by atoms with Gasteiger partial charge in [0.05, 0.1) is 6.21 Å². The van der Waals surface area contributed by atoms with E-state index >= 15 is 0 Å². The molecule has 0 bridgehead atoms. The van der Waals surface area contributed by atoms with Crippen LogP contribution in [0, 0.1) is 0 Å². The Hall–Kier alpha value is -3.02. The number of amides is 2. The third kappa shape index (κ3) is 6.30. The zero-order valence-corrected chi connectivity index (χ0v) is 16.0. The number of nitrogens with one attached hydrogen (secondary N) is 1. The van der Waals surface area contributed by atoms with Gasteiger partial charge in [-0.3, -0.25) is 0 Å². The van der Waals surface area contributed by atoms with Gasteiger partial charge in [0.15, 0.2) is 0 Å². The number of benzene rings is 2. The van der Waals surface area contributed by atoms with Crippen LogP contribution in [-0.2, 0) is 0 Å². The molecule has 1 fully saturated rings. The minimum atomic E-state index is -0.701. The van der Waals surface area contributed by atoms with Crippen molar-refractivity contribution in [3.8, 4) is 11.5 Å². The first kappa shape index (κ1) is 19.7. The first-order valence-electron chi connectivity index (χ1n) is 9.75. The predicted octanol–water partition coefficient (Wildman–Crippen LogP) is 4.19. The Morgan fingerprint density at radius 2 is 1.75 bits per heavy atom. The molecular weight excluding hydrogens is 354 g/mol. The van der Waals surface area contributed by atoms with Gasteiger partial charge in [-0.15, -0.1) is 0 Å². The molecule has 1 aliphatic carbocycles. The highest BCUT2D eigenvalue weighted by molar-refractivity contribution is 5.81. The molecule has 6 heteroatoms. The lowest BCUT2D eigenvalue weighted by Gasteiger charge is -2.22. The van der Waals surface area contributed by atoms with Gasteiger partial charge >= 0.3 is 6.03 Å². The van der Waals surface area contributed by atoms with Crippen LogP contribution in [0.1, 0.15) is 49.1 Å². The van der Waals surface area contributed by atoms with Crippen LogP contribution in [0.5, 0.6) is 11.5 Å². The van der Waals surface area contributed by atoms with Crippen molar-refractivity contribution in [3.63, 3.8) is 0 Å². The van der Waals surface area contributed by atoms with E-state index in [4.69, 9.17) is 15.2 Å². The van der Waals surface area contributed by atoms with Gasteiger partial charge in [0.1, 0.15) is 24.7 Å². The molecule has 148 valence electrons. The average Bonchev–Trinajstić information content (AvgIpc) is 2.72. The van der Waals surface area contributed by atoms with Crippen molar-refractivity contribution in [2.75, 3.05) is 13.2 Å². The summed E-state index contributed by atoms with van der Waals surface area (Å²) >= 11 is 0. The van der Waals surface area contributed by atoms with Crippen molar-refractivity contribution in [2.24, 2.45) is 10.8 Å². The van der Waals surface area contributed by atoms with Crippen molar-refractivity contribution in [2.45, 2.75) is 38.0 Å². The van der Waals surface area contributed by atoms with E-state index in [1.807, 2.05) is 36.4 Å². The molecule has 0 aliphatic heterocycles. The normalized spacial score (nSPS) is 14.7.